The number of methoxy groups -OCH3 is 2. The van der Waals surface area contributed by atoms with Crippen molar-refractivity contribution in [3.8, 4) is 11.5 Å². The van der Waals surface area contributed by atoms with Crippen LogP contribution in [-0.2, 0) is 4.79 Å². The minimum Gasteiger partial charge on any atom is -0.497 e. The van der Waals surface area contributed by atoms with Gasteiger partial charge in [-0.2, -0.15) is 0 Å². The smallest absolute Gasteiger partial charge is 0.327 e. The molecule has 1 saturated heterocycles. The van der Waals surface area contributed by atoms with E-state index in [2.05, 4.69) is 5.32 Å². The molecule has 12 nitrogen and oxygen atoms in total. The van der Waals surface area contributed by atoms with Crippen LogP contribution in [0.15, 0.2) is 65.5 Å². The number of nitrogens with two attached hydrogens (primary N) is 1. The van der Waals surface area contributed by atoms with E-state index in [-0.39, 0.29) is 18.7 Å². The lowest BCUT2D eigenvalue weighted by Crippen LogP contribution is -2.60. The molecule has 1 atom stereocenters. The van der Waals surface area contributed by atoms with Crippen LogP contribution in [0.5, 0.6) is 11.5 Å². The second kappa shape index (κ2) is 13.5. The molecule has 1 unspecified atom stereocenters. The van der Waals surface area contributed by atoms with Crippen LogP contribution in [0.2, 0.25) is 5.02 Å². The summed E-state index contributed by atoms with van der Waals surface area (Å²) in [5, 5.41) is 5.28. The third-order valence-electron chi connectivity index (χ3n) is 7.93. The number of anilines is 2. The maximum atomic E-state index is 14.3. The topological polar surface area (TPSA) is 135 Å². The van der Waals surface area contributed by atoms with Gasteiger partial charge in [-0.05, 0) is 75.4 Å². The van der Waals surface area contributed by atoms with E-state index in [4.69, 9.17) is 31.8 Å². The Hall–Kier alpha value is -4.88. The van der Waals surface area contributed by atoms with Gasteiger partial charge in [0, 0.05) is 31.3 Å². The van der Waals surface area contributed by atoms with Gasteiger partial charge in [0.1, 0.15) is 17.3 Å². The summed E-state index contributed by atoms with van der Waals surface area (Å²) in [6.45, 7) is 6.27. The number of halogens is 2. The Labute approximate surface area is 277 Å². The zero-order chi connectivity index (χ0) is 34.0. The van der Waals surface area contributed by atoms with Crippen molar-refractivity contribution in [1.82, 2.24) is 14.6 Å². The van der Waals surface area contributed by atoms with Crippen LogP contribution in [0.4, 0.5) is 20.6 Å². The molecule has 14 heteroatoms. The van der Waals surface area contributed by atoms with E-state index >= 15 is 0 Å². The van der Waals surface area contributed by atoms with Crippen molar-refractivity contribution >= 4 is 45.8 Å². The molecular formula is C33H39ClFN7O5. The number of nitrogens with zero attached hydrogens (tertiary/aromatic N) is 5. The van der Waals surface area contributed by atoms with E-state index in [1.54, 1.807) is 67.1 Å². The number of benzene rings is 3. The van der Waals surface area contributed by atoms with Gasteiger partial charge in [-0.1, -0.05) is 11.6 Å². The Morgan fingerprint density at radius 2 is 1.72 bits per heavy atom. The largest absolute Gasteiger partial charge is 0.497 e. The molecule has 4 aromatic rings. The Bertz CT molecular complexity index is 1860. The number of fused-ring (bicyclic) bond motifs is 1. The van der Waals surface area contributed by atoms with Crippen LogP contribution >= 0.6 is 11.6 Å². The van der Waals surface area contributed by atoms with Gasteiger partial charge in [0.25, 0.3) is 5.56 Å². The van der Waals surface area contributed by atoms with Crippen LogP contribution in [0, 0.1) is 5.82 Å². The summed E-state index contributed by atoms with van der Waals surface area (Å²) < 4.78 is 26.2. The van der Waals surface area contributed by atoms with Gasteiger partial charge in [0.05, 0.1) is 55.5 Å². The molecule has 0 aliphatic carbocycles. The number of rotatable bonds is 8. The van der Waals surface area contributed by atoms with Gasteiger partial charge in [0.15, 0.2) is 5.82 Å². The molecule has 1 aliphatic rings. The highest BCUT2D eigenvalue weighted by atomic mass is 35.5. The minimum atomic E-state index is -1.05. The molecule has 0 spiro atoms. The van der Waals surface area contributed by atoms with E-state index in [1.807, 2.05) is 0 Å². The van der Waals surface area contributed by atoms with Crippen molar-refractivity contribution in [3.05, 3.63) is 87.7 Å². The quantitative estimate of drug-likeness (QED) is 0.275. The maximum Gasteiger partial charge on any atom is 0.327 e. The number of urea groups is 1. The number of hydrogen-bond donors (Lipinski definition) is 2. The number of hydrogen-bond acceptors (Lipinski definition) is 8. The molecular weight excluding hydrogens is 629 g/mol. The van der Waals surface area contributed by atoms with E-state index in [0.29, 0.717) is 65.0 Å². The first-order chi connectivity index (χ1) is 22.3. The van der Waals surface area contributed by atoms with Crippen molar-refractivity contribution in [2.45, 2.75) is 32.4 Å². The molecule has 3 N–H and O–H groups in total. The summed E-state index contributed by atoms with van der Waals surface area (Å²) >= 11 is 6.29. The Morgan fingerprint density at radius 1 is 1.04 bits per heavy atom. The first-order valence-corrected chi connectivity index (χ1v) is 15.3. The Balaban J connectivity index is 0.00000520. The van der Waals surface area contributed by atoms with E-state index in [0.717, 1.165) is 0 Å². The SMILES string of the molecule is COc1ccc(N(C(=O)Nc2ccc(F)cc2)C(C)c2nc3ccc(Cl)cc3c(=O)n2N2CCN(C(=O)C(C)(C)N)CC2)c(OC)c1.[HH]. The molecule has 0 radical (unpaired) electrons. The zero-order valence-corrected chi connectivity index (χ0v) is 27.5. The van der Waals surface area contributed by atoms with Gasteiger partial charge < -0.3 is 30.4 Å². The summed E-state index contributed by atoms with van der Waals surface area (Å²) in [5.41, 5.74) is 5.74. The molecule has 1 aromatic heterocycles. The number of amides is 3. The van der Waals surface area contributed by atoms with Gasteiger partial charge in [0.2, 0.25) is 5.91 Å². The van der Waals surface area contributed by atoms with Gasteiger partial charge in [-0.15, -0.1) is 0 Å². The Morgan fingerprint density at radius 3 is 2.34 bits per heavy atom. The number of carbonyl (C=O) groups is 2. The highest BCUT2D eigenvalue weighted by Gasteiger charge is 2.34. The zero-order valence-electron chi connectivity index (χ0n) is 26.8. The molecule has 2 heterocycles. The van der Waals surface area contributed by atoms with Crippen LogP contribution in [0.3, 0.4) is 0 Å². The highest BCUT2D eigenvalue weighted by Crippen LogP contribution is 2.37. The summed E-state index contributed by atoms with van der Waals surface area (Å²) in [5.74, 6) is 0.422. The number of carbonyl (C=O) groups excluding carboxylic acids is 2. The molecule has 5 rings (SSSR count). The summed E-state index contributed by atoms with van der Waals surface area (Å²) in [4.78, 5) is 49.3. The van der Waals surface area contributed by atoms with E-state index in [9.17, 15) is 18.8 Å². The standard InChI is InChI=1S/C33H37ClFN7O5.H2/c1-20(41(27-13-11-24(46-4)19-28(27)47-5)32(45)37-23-9-7-22(35)8-10-23)29-38-26-12-6-21(34)18-25(26)30(43)42(29)40-16-14-39(15-17-40)31(44)33(2,3)36;/h6-13,18-20H,14-17,36H2,1-5H3,(H,37,45);1H. The predicted octanol–water partition coefficient (Wildman–Crippen LogP) is 4.77. The summed E-state index contributed by atoms with van der Waals surface area (Å²) in [6, 6.07) is 13.7. The molecule has 1 fully saturated rings. The second-order valence-corrected chi connectivity index (χ2v) is 12.2. The monoisotopic (exact) mass is 667 g/mol. The molecule has 0 bridgehead atoms. The van der Waals surface area contributed by atoms with Crippen LogP contribution in [0.25, 0.3) is 10.9 Å². The van der Waals surface area contributed by atoms with Crippen molar-refractivity contribution in [3.63, 3.8) is 0 Å². The number of piperazine rings is 1. The minimum absolute atomic E-state index is 0. The number of aromatic nitrogens is 2. The van der Waals surface area contributed by atoms with Gasteiger partial charge in [-0.25, -0.2) is 18.8 Å². The highest BCUT2D eigenvalue weighted by molar-refractivity contribution is 6.31. The fourth-order valence-corrected chi connectivity index (χ4v) is 5.70. The summed E-state index contributed by atoms with van der Waals surface area (Å²) in [6.07, 6.45) is 0. The fraction of sp³-hybridized carbons (Fsp3) is 0.333. The molecule has 0 saturated carbocycles. The molecule has 1 aliphatic heterocycles. The van der Waals surface area contributed by atoms with E-state index in [1.165, 1.54) is 48.1 Å². The van der Waals surface area contributed by atoms with Crippen LogP contribution in [0.1, 0.15) is 34.1 Å². The van der Waals surface area contributed by atoms with Crippen molar-refractivity contribution in [2.24, 2.45) is 5.73 Å². The average molecular weight is 668 g/mol. The van der Waals surface area contributed by atoms with E-state index < -0.39 is 23.4 Å². The first-order valence-electron chi connectivity index (χ1n) is 15.0. The van der Waals surface area contributed by atoms with Crippen molar-refractivity contribution in [2.75, 3.05) is 55.6 Å². The summed E-state index contributed by atoms with van der Waals surface area (Å²) in [7, 11) is 2.98. The normalized spacial score (nSPS) is 14.1. The van der Waals surface area contributed by atoms with Gasteiger partial charge >= 0.3 is 6.03 Å². The molecule has 3 aromatic carbocycles. The lowest BCUT2D eigenvalue weighted by atomic mass is 10.1. The van der Waals surface area contributed by atoms with Crippen molar-refractivity contribution in [1.29, 1.82) is 0 Å². The first kappa shape index (κ1) is 33.5. The predicted molar refractivity (Wildman–Crippen MR) is 182 cm³/mol. The number of nitrogens with one attached hydrogen (secondary N) is 1. The Kier molecular flexibility index (Phi) is 9.59. The van der Waals surface area contributed by atoms with Crippen molar-refractivity contribution < 1.29 is 24.9 Å². The number of ether oxygens (including phenoxy) is 2. The molecule has 3 amide bonds. The van der Waals surface area contributed by atoms with Crippen LogP contribution < -0.4 is 36.0 Å². The maximum absolute atomic E-state index is 14.3. The second-order valence-electron chi connectivity index (χ2n) is 11.7. The molecule has 250 valence electrons. The average Bonchev–Trinajstić information content (AvgIpc) is 3.05. The van der Waals surface area contributed by atoms with Gasteiger partial charge in [-0.3, -0.25) is 14.5 Å². The fourth-order valence-electron chi connectivity index (χ4n) is 5.53. The lowest BCUT2D eigenvalue weighted by molar-refractivity contribution is -0.136. The third-order valence-corrected chi connectivity index (χ3v) is 8.17. The molecule has 47 heavy (non-hydrogen) atoms. The van der Waals surface area contributed by atoms with Crippen LogP contribution in [-0.4, -0.2) is 72.4 Å². The third kappa shape index (κ3) is 6.96. The lowest BCUT2D eigenvalue weighted by Gasteiger charge is -2.40.